The Bertz CT molecular complexity index is 1040. The lowest BCUT2D eigenvalue weighted by Crippen LogP contribution is -2.30. The van der Waals surface area contributed by atoms with Gasteiger partial charge in [-0.2, -0.15) is 0 Å². The fraction of sp³-hybridized carbons (Fsp3) is 0.273. The Balaban J connectivity index is 1.25. The van der Waals surface area contributed by atoms with Crippen LogP contribution in [-0.4, -0.2) is 40.0 Å². The minimum atomic E-state index is -0.410. The quantitative estimate of drug-likeness (QED) is 0.519. The van der Waals surface area contributed by atoms with E-state index in [-0.39, 0.29) is 24.1 Å². The summed E-state index contributed by atoms with van der Waals surface area (Å²) in [6.07, 6.45) is 0.809. The number of halogens is 1. The van der Waals surface area contributed by atoms with E-state index in [1.165, 1.54) is 23.5 Å². The van der Waals surface area contributed by atoms with Gasteiger partial charge in [0.25, 0.3) is 0 Å². The largest absolute Gasteiger partial charge is 0.342 e. The van der Waals surface area contributed by atoms with E-state index in [0.29, 0.717) is 30.4 Å². The average Bonchev–Trinajstić information content (AvgIpc) is 3.39. The third kappa shape index (κ3) is 5.89. The monoisotopic (exact) mass is 456 g/mol. The van der Waals surface area contributed by atoms with Crippen LogP contribution in [0.15, 0.2) is 59.5 Å². The molecule has 2 heterocycles. The lowest BCUT2D eigenvalue weighted by molar-refractivity contribution is -0.128. The van der Waals surface area contributed by atoms with Gasteiger partial charge in [-0.25, -0.2) is 4.39 Å². The smallest absolute Gasteiger partial charge is 0.231 e. The molecule has 1 fully saturated rings. The third-order valence-electron chi connectivity index (χ3n) is 4.97. The summed E-state index contributed by atoms with van der Waals surface area (Å²) in [6, 6.07) is 16.3. The molecule has 2 aromatic carbocycles. The molecule has 31 heavy (non-hydrogen) atoms. The maximum atomic E-state index is 13.0. The lowest BCUT2D eigenvalue weighted by atomic mass is 10.1. The van der Waals surface area contributed by atoms with Gasteiger partial charge in [0, 0.05) is 24.4 Å². The molecule has 1 N–H and O–H groups in total. The van der Waals surface area contributed by atoms with Crippen LogP contribution in [0.2, 0.25) is 0 Å². The number of hydrogen-bond donors (Lipinski definition) is 1. The van der Waals surface area contributed by atoms with Crippen LogP contribution in [0.25, 0.3) is 0 Å². The van der Waals surface area contributed by atoms with Crippen LogP contribution in [0.1, 0.15) is 17.0 Å². The molecular weight excluding hydrogens is 435 g/mol. The number of benzene rings is 2. The number of hydrogen-bond acceptors (Lipinski definition) is 6. The second-order valence-corrected chi connectivity index (χ2v) is 9.32. The maximum absolute atomic E-state index is 13.0. The summed E-state index contributed by atoms with van der Waals surface area (Å²) in [5.74, 6) is -0.269. The second-order valence-electron chi connectivity index (χ2n) is 7.21. The summed E-state index contributed by atoms with van der Waals surface area (Å²) >= 11 is 3.00. The molecule has 0 bridgehead atoms. The van der Waals surface area contributed by atoms with Gasteiger partial charge in [0.15, 0.2) is 0 Å². The average molecular weight is 457 g/mol. The topological polar surface area (TPSA) is 75.2 Å². The van der Waals surface area contributed by atoms with Gasteiger partial charge >= 0.3 is 0 Å². The number of nitrogens with one attached hydrogen (secondary N) is 1. The Morgan fingerprint density at radius 3 is 2.71 bits per heavy atom. The van der Waals surface area contributed by atoms with E-state index in [1.54, 1.807) is 28.8 Å². The predicted octanol–water partition coefficient (Wildman–Crippen LogP) is 4.00. The fourth-order valence-electron chi connectivity index (χ4n) is 3.31. The van der Waals surface area contributed by atoms with E-state index in [2.05, 4.69) is 15.5 Å². The number of likely N-dealkylation sites (tertiary alicyclic amines) is 1. The van der Waals surface area contributed by atoms with Gasteiger partial charge in [-0.1, -0.05) is 41.7 Å². The number of carbonyl (C=O) groups is 2. The Morgan fingerprint density at radius 2 is 1.94 bits per heavy atom. The Hall–Kier alpha value is -2.78. The highest BCUT2D eigenvalue weighted by molar-refractivity contribution is 7.98. The molecule has 2 amide bonds. The lowest BCUT2D eigenvalue weighted by Gasteiger charge is -2.16. The van der Waals surface area contributed by atoms with Crippen LogP contribution >= 0.6 is 23.1 Å². The number of aromatic nitrogens is 2. The molecule has 1 saturated heterocycles. The Morgan fingerprint density at radius 1 is 1.16 bits per heavy atom. The van der Waals surface area contributed by atoms with E-state index < -0.39 is 5.92 Å². The Labute approximate surface area is 187 Å². The highest BCUT2D eigenvalue weighted by atomic mass is 32.2. The number of amides is 2. The van der Waals surface area contributed by atoms with E-state index in [1.807, 2.05) is 30.3 Å². The molecule has 1 aliphatic rings. The van der Waals surface area contributed by atoms with E-state index in [9.17, 15) is 14.0 Å². The molecule has 0 unspecified atom stereocenters. The number of nitrogens with zero attached hydrogens (tertiary/aromatic N) is 3. The molecule has 4 rings (SSSR count). The van der Waals surface area contributed by atoms with Crippen molar-refractivity contribution in [3.8, 4) is 0 Å². The molecule has 160 valence electrons. The van der Waals surface area contributed by atoms with Gasteiger partial charge in [0.1, 0.15) is 10.8 Å². The zero-order chi connectivity index (χ0) is 21.6. The summed E-state index contributed by atoms with van der Waals surface area (Å²) < 4.78 is 13.0. The summed E-state index contributed by atoms with van der Waals surface area (Å²) in [6.45, 7) is 0.884. The molecule has 1 atom stereocenters. The first-order valence-electron chi connectivity index (χ1n) is 9.90. The van der Waals surface area contributed by atoms with Crippen LogP contribution in [0.4, 0.5) is 9.52 Å². The SMILES string of the molecule is O=C(Nc1nnc(CSc2ccccc2)s1)[C@@H]1CC(=O)N(CCc2ccc(F)cc2)C1. The van der Waals surface area contributed by atoms with E-state index in [0.717, 1.165) is 15.5 Å². The molecule has 0 spiro atoms. The van der Waals surface area contributed by atoms with Crippen molar-refractivity contribution in [3.63, 3.8) is 0 Å². The van der Waals surface area contributed by atoms with Gasteiger partial charge < -0.3 is 10.2 Å². The van der Waals surface area contributed by atoms with Gasteiger partial charge in [-0.05, 0) is 36.2 Å². The first-order valence-corrected chi connectivity index (χ1v) is 11.7. The fourth-order valence-corrected chi connectivity index (χ4v) is 4.96. The van der Waals surface area contributed by atoms with Crippen molar-refractivity contribution in [2.75, 3.05) is 18.4 Å². The van der Waals surface area contributed by atoms with Crippen molar-refractivity contribution in [3.05, 3.63) is 71.0 Å². The highest BCUT2D eigenvalue weighted by Crippen LogP contribution is 2.26. The summed E-state index contributed by atoms with van der Waals surface area (Å²) in [5.41, 5.74) is 0.955. The Kier molecular flexibility index (Phi) is 6.93. The van der Waals surface area contributed by atoms with Crippen LogP contribution < -0.4 is 5.32 Å². The van der Waals surface area contributed by atoms with Gasteiger partial charge in [0.2, 0.25) is 16.9 Å². The van der Waals surface area contributed by atoms with E-state index >= 15 is 0 Å². The molecule has 6 nitrogen and oxygen atoms in total. The summed E-state index contributed by atoms with van der Waals surface area (Å²) in [7, 11) is 0. The van der Waals surface area contributed by atoms with Gasteiger partial charge in [-0.15, -0.1) is 22.0 Å². The second kappa shape index (κ2) is 10.0. The minimum Gasteiger partial charge on any atom is -0.342 e. The van der Waals surface area contributed by atoms with Crippen molar-refractivity contribution in [2.24, 2.45) is 5.92 Å². The molecule has 0 saturated carbocycles. The summed E-state index contributed by atoms with van der Waals surface area (Å²) in [5, 5.41) is 12.3. The molecule has 0 aliphatic carbocycles. The first kappa shape index (κ1) is 21.5. The van der Waals surface area contributed by atoms with Gasteiger partial charge in [0.05, 0.1) is 11.7 Å². The zero-order valence-corrected chi connectivity index (χ0v) is 18.3. The summed E-state index contributed by atoms with van der Waals surface area (Å²) in [4.78, 5) is 27.7. The van der Waals surface area contributed by atoms with Crippen molar-refractivity contribution < 1.29 is 14.0 Å². The number of rotatable bonds is 8. The highest BCUT2D eigenvalue weighted by Gasteiger charge is 2.34. The molecule has 1 aromatic heterocycles. The van der Waals surface area contributed by atoms with Crippen molar-refractivity contribution >= 4 is 40.0 Å². The first-order chi connectivity index (χ1) is 15.1. The van der Waals surface area contributed by atoms with Crippen molar-refractivity contribution in [1.82, 2.24) is 15.1 Å². The van der Waals surface area contributed by atoms with Crippen LogP contribution in [0.3, 0.4) is 0 Å². The minimum absolute atomic E-state index is 0.0422. The molecule has 0 radical (unpaired) electrons. The third-order valence-corrected chi connectivity index (χ3v) is 7.02. The molecule has 3 aromatic rings. The van der Waals surface area contributed by atoms with Crippen LogP contribution in [-0.2, 0) is 21.8 Å². The molecule has 1 aliphatic heterocycles. The van der Waals surface area contributed by atoms with Gasteiger partial charge in [-0.3, -0.25) is 9.59 Å². The maximum Gasteiger partial charge on any atom is 0.231 e. The standard InChI is InChI=1S/C22H21FN4O2S2/c23-17-8-6-15(7-9-17)10-11-27-13-16(12-20(27)28)21(29)24-22-26-25-19(31-22)14-30-18-4-2-1-3-5-18/h1-9,16H,10-14H2,(H,24,26,29)/t16-/m1/s1. The van der Waals surface area contributed by atoms with Crippen molar-refractivity contribution in [1.29, 1.82) is 0 Å². The van der Waals surface area contributed by atoms with Crippen LogP contribution in [0, 0.1) is 11.7 Å². The number of thioether (sulfide) groups is 1. The van der Waals surface area contributed by atoms with Crippen molar-refractivity contribution in [2.45, 2.75) is 23.5 Å². The number of carbonyl (C=O) groups excluding carboxylic acids is 2. The van der Waals surface area contributed by atoms with E-state index in [4.69, 9.17) is 0 Å². The predicted molar refractivity (Wildman–Crippen MR) is 119 cm³/mol. The van der Waals surface area contributed by atoms with Crippen LogP contribution in [0.5, 0.6) is 0 Å². The molecular formula is C22H21FN4O2S2. The zero-order valence-electron chi connectivity index (χ0n) is 16.7. The number of anilines is 1. The normalized spacial score (nSPS) is 16.0. The molecule has 9 heteroatoms.